The van der Waals surface area contributed by atoms with Crippen LogP contribution >= 0.6 is 0 Å². The highest BCUT2D eigenvalue weighted by Gasteiger charge is 2.27. The molecule has 100 valence electrons. The highest BCUT2D eigenvalue weighted by atomic mass is 19.4. The largest absolute Gasteiger partial charge is 0.405 e. The Labute approximate surface area is 101 Å². The number of anilines is 1. The summed E-state index contributed by atoms with van der Waals surface area (Å²) in [5.74, 6) is -1.61. The Kier molecular flexibility index (Phi) is 4.46. The zero-order valence-corrected chi connectivity index (χ0v) is 9.46. The van der Waals surface area contributed by atoms with Crippen LogP contribution in [-0.4, -0.2) is 37.2 Å². The summed E-state index contributed by atoms with van der Waals surface area (Å²) >= 11 is 0. The van der Waals surface area contributed by atoms with Crippen LogP contribution in [-0.2, 0) is 4.79 Å². The predicted octanol–water partition coefficient (Wildman–Crippen LogP) is 1.34. The van der Waals surface area contributed by atoms with E-state index in [9.17, 15) is 22.4 Å². The van der Waals surface area contributed by atoms with Crippen molar-refractivity contribution in [3.63, 3.8) is 0 Å². The lowest BCUT2D eigenvalue weighted by Crippen LogP contribution is -2.40. The maximum absolute atomic E-state index is 13.2. The van der Waals surface area contributed by atoms with Crippen molar-refractivity contribution in [2.24, 2.45) is 0 Å². The number of likely N-dealkylation sites (N-methyl/N-ethyl adjacent to an activating group) is 1. The molecule has 0 aliphatic rings. The molecular weight excluding hydrogens is 254 g/mol. The van der Waals surface area contributed by atoms with Crippen molar-refractivity contribution < 1.29 is 22.4 Å². The Hall–Kier alpha value is -1.86. The molecule has 1 aromatic heterocycles. The third kappa shape index (κ3) is 4.56. The number of aromatic nitrogens is 1. The molecule has 0 atom stereocenters. The molecule has 0 aliphatic heterocycles. The summed E-state index contributed by atoms with van der Waals surface area (Å²) in [6.45, 7) is -1.83. The quantitative estimate of drug-likeness (QED) is 0.835. The van der Waals surface area contributed by atoms with Crippen molar-refractivity contribution in [2.75, 3.05) is 25.0 Å². The molecule has 1 heterocycles. The van der Waals surface area contributed by atoms with Crippen LogP contribution in [0.5, 0.6) is 0 Å². The molecule has 0 spiro atoms. The first kappa shape index (κ1) is 14.2. The van der Waals surface area contributed by atoms with Crippen molar-refractivity contribution in [2.45, 2.75) is 6.18 Å². The van der Waals surface area contributed by atoms with E-state index in [4.69, 9.17) is 0 Å². The number of nitrogens with zero attached hydrogens (tertiary/aromatic N) is 2. The van der Waals surface area contributed by atoms with Crippen LogP contribution in [0, 0.1) is 5.82 Å². The van der Waals surface area contributed by atoms with Gasteiger partial charge in [0.15, 0.2) is 11.6 Å². The molecule has 1 N–H and O–H groups in total. The van der Waals surface area contributed by atoms with E-state index in [-0.39, 0.29) is 5.82 Å². The molecule has 18 heavy (non-hydrogen) atoms. The van der Waals surface area contributed by atoms with Crippen LogP contribution in [0.1, 0.15) is 0 Å². The molecule has 8 heteroatoms. The van der Waals surface area contributed by atoms with Crippen LogP contribution in [0.3, 0.4) is 0 Å². The van der Waals surface area contributed by atoms with E-state index in [1.807, 2.05) is 0 Å². The van der Waals surface area contributed by atoms with Crippen molar-refractivity contribution in [1.82, 2.24) is 10.3 Å². The third-order valence-electron chi connectivity index (χ3n) is 1.97. The highest BCUT2D eigenvalue weighted by molar-refractivity contribution is 5.80. The smallest absolute Gasteiger partial charge is 0.348 e. The molecule has 0 fully saturated rings. The summed E-state index contributed by atoms with van der Waals surface area (Å²) in [5, 5.41) is 1.69. The van der Waals surface area contributed by atoms with Gasteiger partial charge in [0.1, 0.15) is 6.54 Å². The summed E-state index contributed by atoms with van der Waals surface area (Å²) in [4.78, 5) is 16.0. The average molecular weight is 265 g/mol. The van der Waals surface area contributed by atoms with Gasteiger partial charge in [-0.15, -0.1) is 0 Å². The lowest BCUT2D eigenvalue weighted by Gasteiger charge is -2.18. The predicted molar refractivity (Wildman–Crippen MR) is 56.5 cm³/mol. The van der Waals surface area contributed by atoms with Gasteiger partial charge in [-0.05, 0) is 12.1 Å². The molecule has 1 aromatic rings. The van der Waals surface area contributed by atoms with Crippen molar-refractivity contribution >= 4 is 11.7 Å². The SMILES string of the molecule is CN(CC(=O)NCC(F)(F)F)c1ncccc1F. The Morgan fingerprint density at radius 3 is 2.72 bits per heavy atom. The maximum Gasteiger partial charge on any atom is 0.405 e. The summed E-state index contributed by atoms with van der Waals surface area (Å²) in [6, 6.07) is 2.52. The monoisotopic (exact) mass is 265 g/mol. The standard InChI is InChI=1S/C10H11F4N3O/c1-17(9-7(11)3-2-4-15-9)5-8(18)16-6-10(12,13)14/h2-4H,5-6H2,1H3,(H,16,18). The molecular formula is C10H11F4N3O. The minimum absolute atomic E-state index is 0.0975. The highest BCUT2D eigenvalue weighted by Crippen LogP contribution is 2.14. The molecule has 0 unspecified atom stereocenters. The van der Waals surface area contributed by atoms with Crippen LogP contribution in [0.15, 0.2) is 18.3 Å². The van der Waals surface area contributed by atoms with E-state index in [0.717, 1.165) is 11.0 Å². The first-order valence-corrected chi connectivity index (χ1v) is 4.94. The molecule has 0 bridgehead atoms. The first-order valence-electron chi connectivity index (χ1n) is 4.94. The van der Waals surface area contributed by atoms with Gasteiger partial charge in [0, 0.05) is 13.2 Å². The Morgan fingerprint density at radius 2 is 2.17 bits per heavy atom. The molecule has 0 aromatic carbocycles. The fourth-order valence-corrected chi connectivity index (χ4v) is 1.20. The zero-order valence-electron chi connectivity index (χ0n) is 9.46. The summed E-state index contributed by atoms with van der Waals surface area (Å²) < 4.78 is 48.8. The van der Waals surface area contributed by atoms with E-state index in [1.54, 1.807) is 5.32 Å². The molecule has 0 radical (unpaired) electrons. The number of pyridine rings is 1. The lowest BCUT2D eigenvalue weighted by molar-refractivity contribution is -0.137. The van der Waals surface area contributed by atoms with E-state index >= 15 is 0 Å². The molecule has 1 rings (SSSR count). The maximum atomic E-state index is 13.2. The fourth-order valence-electron chi connectivity index (χ4n) is 1.20. The lowest BCUT2D eigenvalue weighted by atomic mass is 10.4. The summed E-state index contributed by atoms with van der Waals surface area (Å²) in [6.07, 6.45) is -3.15. The van der Waals surface area contributed by atoms with Crippen LogP contribution in [0.4, 0.5) is 23.4 Å². The van der Waals surface area contributed by atoms with Gasteiger partial charge in [-0.2, -0.15) is 13.2 Å². The van der Waals surface area contributed by atoms with Gasteiger partial charge in [-0.25, -0.2) is 9.37 Å². The second kappa shape index (κ2) is 5.65. The van der Waals surface area contributed by atoms with E-state index in [1.165, 1.54) is 19.3 Å². The Morgan fingerprint density at radius 1 is 1.50 bits per heavy atom. The molecule has 0 saturated heterocycles. The normalized spacial score (nSPS) is 11.2. The van der Waals surface area contributed by atoms with Gasteiger partial charge in [-0.1, -0.05) is 0 Å². The first-order chi connectivity index (χ1) is 8.29. The number of alkyl halides is 3. The summed E-state index contributed by atoms with van der Waals surface area (Å²) in [5.41, 5.74) is 0. The number of nitrogens with one attached hydrogen (secondary N) is 1. The van der Waals surface area contributed by atoms with Gasteiger partial charge in [0.05, 0.1) is 6.54 Å². The summed E-state index contributed by atoms with van der Waals surface area (Å²) in [7, 11) is 1.36. The Balaban J connectivity index is 2.53. The van der Waals surface area contributed by atoms with Gasteiger partial charge in [0.2, 0.25) is 5.91 Å². The van der Waals surface area contributed by atoms with Crippen molar-refractivity contribution in [3.8, 4) is 0 Å². The van der Waals surface area contributed by atoms with Crippen LogP contribution < -0.4 is 10.2 Å². The second-order valence-electron chi connectivity index (χ2n) is 3.56. The Bertz CT molecular complexity index is 422. The third-order valence-corrected chi connectivity index (χ3v) is 1.97. The topological polar surface area (TPSA) is 45.2 Å². The van der Waals surface area contributed by atoms with Crippen molar-refractivity contribution in [1.29, 1.82) is 0 Å². The number of carbonyl (C=O) groups excluding carboxylic acids is 1. The van der Waals surface area contributed by atoms with Gasteiger partial charge in [-0.3, -0.25) is 4.79 Å². The van der Waals surface area contributed by atoms with Crippen LogP contribution in [0.2, 0.25) is 0 Å². The van der Waals surface area contributed by atoms with Gasteiger partial charge < -0.3 is 10.2 Å². The van der Waals surface area contributed by atoms with Crippen molar-refractivity contribution in [3.05, 3.63) is 24.1 Å². The number of hydrogen-bond acceptors (Lipinski definition) is 3. The molecule has 4 nitrogen and oxygen atoms in total. The zero-order chi connectivity index (χ0) is 13.8. The van der Waals surface area contributed by atoms with E-state index < -0.39 is 31.0 Å². The van der Waals surface area contributed by atoms with E-state index in [2.05, 4.69) is 4.98 Å². The van der Waals surface area contributed by atoms with Gasteiger partial charge >= 0.3 is 6.18 Å². The molecule has 0 aliphatic carbocycles. The number of amides is 1. The van der Waals surface area contributed by atoms with Gasteiger partial charge in [0.25, 0.3) is 0 Å². The minimum Gasteiger partial charge on any atom is -0.348 e. The number of carbonyl (C=O) groups is 1. The fraction of sp³-hybridized carbons (Fsp3) is 0.400. The molecule has 1 amide bonds. The number of rotatable bonds is 4. The average Bonchev–Trinajstić information content (AvgIpc) is 2.26. The molecule has 0 saturated carbocycles. The second-order valence-corrected chi connectivity index (χ2v) is 3.56. The van der Waals surface area contributed by atoms with E-state index in [0.29, 0.717) is 0 Å². The van der Waals surface area contributed by atoms with Crippen LogP contribution in [0.25, 0.3) is 0 Å². The number of hydrogen-bond donors (Lipinski definition) is 1. The minimum atomic E-state index is -4.47. The number of halogens is 4.